The van der Waals surface area contributed by atoms with Gasteiger partial charge in [-0.1, -0.05) is 48.9 Å². The van der Waals surface area contributed by atoms with Crippen LogP contribution in [0.5, 0.6) is 0 Å². The molecular formula is C22H26N6O. The average molecular weight is 390 g/mol. The van der Waals surface area contributed by atoms with Gasteiger partial charge in [0.2, 0.25) is 11.7 Å². The minimum Gasteiger partial charge on any atom is -0.330 e. The maximum atomic E-state index is 12.5. The molecule has 1 aliphatic carbocycles. The second kappa shape index (κ2) is 8.96. The predicted molar refractivity (Wildman–Crippen MR) is 112 cm³/mol. The van der Waals surface area contributed by atoms with Crippen LogP contribution in [0.4, 0.5) is 5.69 Å². The van der Waals surface area contributed by atoms with E-state index < -0.39 is 0 Å². The van der Waals surface area contributed by atoms with Crippen LogP contribution in [0.2, 0.25) is 0 Å². The molecule has 1 amide bonds. The number of nitrogens with zero attached hydrogens (tertiary/aromatic N) is 4. The first kappa shape index (κ1) is 19.3. The van der Waals surface area contributed by atoms with Gasteiger partial charge in [0.05, 0.1) is 6.54 Å². The summed E-state index contributed by atoms with van der Waals surface area (Å²) in [4.78, 5) is 14.1. The SMILES string of the molecule is NC[C@H]1CCC[C@H]1C(=O)Nc1ccc(CCn2nnc(-c3ccccc3)n2)cc1. The van der Waals surface area contributed by atoms with Crippen molar-refractivity contribution in [1.82, 2.24) is 20.2 Å². The van der Waals surface area contributed by atoms with E-state index in [-0.39, 0.29) is 11.8 Å². The summed E-state index contributed by atoms with van der Waals surface area (Å²) in [5, 5.41) is 15.7. The molecule has 4 rings (SSSR count). The first-order chi connectivity index (χ1) is 14.2. The van der Waals surface area contributed by atoms with Crippen LogP contribution in [0.1, 0.15) is 24.8 Å². The largest absolute Gasteiger partial charge is 0.330 e. The summed E-state index contributed by atoms with van der Waals surface area (Å²) < 4.78 is 0. The number of carbonyl (C=O) groups is 1. The highest BCUT2D eigenvalue weighted by Gasteiger charge is 2.31. The molecule has 0 spiro atoms. The third-order valence-electron chi connectivity index (χ3n) is 5.61. The average Bonchev–Trinajstić information content (AvgIpc) is 3.43. The number of rotatable bonds is 7. The monoisotopic (exact) mass is 390 g/mol. The number of amides is 1. The lowest BCUT2D eigenvalue weighted by Crippen LogP contribution is -2.29. The molecule has 1 fully saturated rings. The second-order valence-electron chi connectivity index (χ2n) is 7.54. The van der Waals surface area contributed by atoms with Gasteiger partial charge >= 0.3 is 0 Å². The molecule has 1 saturated carbocycles. The first-order valence-electron chi connectivity index (χ1n) is 10.2. The Labute approximate surface area is 170 Å². The Morgan fingerprint density at radius 3 is 2.66 bits per heavy atom. The molecule has 0 radical (unpaired) electrons. The van der Waals surface area contributed by atoms with Gasteiger partial charge in [-0.15, -0.1) is 10.2 Å². The highest BCUT2D eigenvalue weighted by atomic mass is 16.1. The summed E-state index contributed by atoms with van der Waals surface area (Å²) in [6.07, 6.45) is 3.86. The summed E-state index contributed by atoms with van der Waals surface area (Å²) in [5.74, 6) is 1.07. The molecule has 0 bridgehead atoms. The quantitative estimate of drug-likeness (QED) is 0.646. The van der Waals surface area contributed by atoms with E-state index in [0.29, 0.717) is 24.8 Å². The van der Waals surface area contributed by atoms with E-state index >= 15 is 0 Å². The van der Waals surface area contributed by atoms with Crippen molar-refractivity contribution >= 4 is 11.6 Å². The van der Waals surface area contributed by atoms with Crippen LogP contribution in [0.3, 0.4) is 0 Å². The first-order valence-corrected chi connectivity index (χ1v) is 10.2. The van der Waals surface area contributed by atoms with Gasteiger partial charge in [-0.25, -0.2) is 0 Å². The van der Waals surface area contributed by atoms with E-state index in [1.165, 1.54) is 0 Å². The Balaban J connectivity index is 1.31. The normalized spacial score (nSPS) is 18.7. The number of nitrogens with two attached hydrogens (primary N) is 1. The van der Waals surface area contributed by atoms with E-state index in [1.54, 1.807) is 4.80 Å². The molecule has 2 atom stereocenters. The summed E-state index contributed by atoms with van der Waals surface area (Å²) in [6, 6.07) is 17.8. The molecule has 1 aliphatic rings. The van der Waals surface area contributed by atoms with E-state index in [1.807, 2.05) is 54.6 Å². The van der Waals surface area contributed by atoms with Gasteiger partial charge in [0, 0.05) is 17.2 Å². The van der Waals surface area contributed by atoms with E-state index in [0.717, 1.165) is 42.5 Å². The molecule has 150 valence electrons. The molecule has 1 aromatic heterocycles. The highest BCUT2D eigenvalue weighted by molar-refractivity contribution is 5.92. The number of tetrazole rings is 1. The van der Waals surface area contributed by atoms with Crippen molar-refractivity contribution < 1.29 is 4.79 Å². The van der Waals surface area contributed by atoms with Gasteiger partial charge in [-0.05, 0) is 54.6 Å². The molecule has 7 nitrogen and oxygen atoms in total. The van der Waals surface area contributed by atoms with Gasteiger partial charge < -0.3 is 11.1 Å². The lowest BCUT2D eigenvalue weighted by atomic mass is 9.95. The molecule has 2 aromatic carbocycles. The maximum absolute atomic E-state index is 12.5. The van der Waals surface area contributed by atoms with Gasteiger partial charge in [0.1, 0.15) is 0 Å². The van der Waals surface area contributed by atoms with Gasteiger partial charge in [-0.2, -0.15) is 4.80 Å². The molecule has 1 heterocycles. The molecule has 0 saturated heterocycles. The number of carbonyl (C=O) groups excluding carboxylic acids is 1. The van der Waals surface area contributed by atoms with Crippen molar-refractivity contribution in [2.45, 2.75) is 32.2 Å². The van der Waals surface area contributed by atoms with Crippen LogP contribution in [0.15, 0.2) is 54.6 Å². The van der Waals surface area contributed by atoms with Crippen LogP contribution < -0.4 is 11.1 Å². The summed E-state index contributed by atoms with van der Waals surface area (Å²) in [5.41, 5.74) is 8.73. The number of aromatic nitrogens is 4. The van der Waals surface area contributed by atoms with Gasteiger partial charge in [-0.3, -0.25) is 4.79 Å². The maximum Gasteiger partial charge on any atom is 0.227 e. The minimum atomic E-state index is 0.0388. The number of hydrogen-bond donors (Lipinski definition) is 2. The zero-order valence-electron chi connectivity index (χ0n) is 16.4. The zero-order valence-corrected chi connectivity index (χ0v) is 16.4. The number of anilines is 1. The van der Waals surface area contributed by atoms with Crippen molar-refractivity contribution in [2.24, 2.45) is 17.6 Å². The fraction of sp³-hybridized carbons (Fsp3) is 0.364. The Morgan fingerprint density at radius 1 is 1.10 bits per heavy atom. The minimum absolute atomic E-state index is 0.0388. The van der Waals surface area contributed by atoms with Crippen LogP contribution in [-0.4, -0.2) is 32.7 Å². The van der Waals surface area contributed by atoms with E-state index in [2.05, 4.69) is 20.7 Å². The predicted octanol–water partition coefficient (Wildman–Crippen LogP) is 2.90. The topological polar surface area (TPSA) is 98.7 Å². The third kappa shape index (κ3) is 4.68. The smallest absolute Gasteiger partial charge is 0.227 e. The van der Waals surface area contributed by atoms with Crippen molar-refractivity contribution in [3.8, 4) is 11.4 Å². The van der Waals surface area contributed by atoms with Crippen molar-refractivity contribution in [3.63, 3.8) is 0 Å². The third-order valence-corrected chi connectivity index (χ3v) is 5.61. The Kier molecular flexibility index (Phi) is 5.95. The van der Waals surface area contributed by atoms with Gasteiger partial charge in [0.25, 0.3) is 0 Å². The zero-order chi connectivity index (χ0) is 20.1. The number of aryl methyl sites for hydroxylation is 2. The summed E-state index contributed by atoms with van der Waals surface area (Å²) in [7, 11) is 0. The fourth-order valence-electron chi connectivity index (χ4n) is 3.92. The van der Waals surface area contributed by atoms with Crippen LogP contribution >= 0.6 is 0 Å². The lowest BCUT2D eigenvalue weighted by Gasteiger charge is -2.17. The van der Waals surface area contributed by atoms with Crippen molar-refractivity contribution in [3.05, 3.63) is 60.2 Å². The number of hydrogen-bond acceptors (Lipinski definition) is 5. The van der Waals surface area contributed by atoms with Gasteiger partial charge in [0.15, 0.2) is 0 Å². The van der Waals surface area contributed by atoms with Crippen molar-refractivity contribution in [1.29, 1.82) is 0 Å². The van der Waals surface area contributed by atoms with E-state index in [4.69, 9.17) is 5.73 Å². The summed E-state index contributed by atoms with van der Waals surface area (Å²) in [6.45, 7) is 1.23. The fourth-order valence-corrected chi connectivity index (χ4v) is 3.92. The summed E-state index contributed by atoms with van der Waals surface area (Å²) >= 11 is 0. The highest BCUT2D eigenvalue weighted by Crippen LogP contribution is 2.31. The van der Waals surface area contributed by atoms with Crippen LogP contribution in [0, 0.1) is 11.8 Å². The number of nitrogens with one attached hydrogen (secondary N) is 1. The van der Waals surface area contributed by atoms with Crippen LogP contribution in [-0.2, 0) is 17.8 Å². The molecule has 29 heavy (non-hydrogen) atoms. The Morgan fingerprint density at radius 2 is 1.90 bits per heavy atom. The van der Waals surface area contributed by atoms with Crippen LogP contribution in [0.25, 0.3) is 11.4 Å². The Hall–Kier alpha value is -3.06. The standard InChI is InChI=1S/C22H26N6O/c23-15-18-7-4-8-20(18)22(29)24-19-11-9-16(10-12-19)13-14-28-26-21(25-27-28)17-5-2-1-3-6-17/h1-3,5-6,9-12,18,20H,4,7-8,13-15,23H2,(H,24,29)/t18-,20-/m1/s1. The molecule has 0 aliphatic heterocycles. The molecular weight excluding hydrogens is 364 g/mol. The number of benzene rings is 2. The van der Waals surface area contributed by atoms with E-state index in [9.17, 15) is 4.79 Å². The molecule has 7 heteroatoms. The molecule has 3 aromatic rings. The molecule has 3 N–H and O–H groups in total. The Bertz CT molecular complexity index is 937. The lowest BCUT2D eigenvalue weighted by molar-refractivity contribution is -0.120. The van der Waals surface area contributed by atoms with Crippen molar-refractivity contribution in [2.75, 3.05) is 11.9 Å². The molecule has 0 unspecified atom stereocenters. The second-order valence-corrected chi connectivity index (χ2v) is 7.54.